The van der Waals surface area contributed by atoms with Crippen LogP contribution in [0.4, 0.5) is 0 Å². The number of rotatable bonds is 9. The Labute approximate surface area is 120 Å². The van der Waals surface area contributed by atoms with Crippen molar-refractivity contribution in [3.63, 3.8) is 0 Å². The normalized spacial score (nSPS) is 11.9. The van der Waals surface area contributed by atoms with E-state index in [2.05, 4.69) is 5.32 Å². The number of benzene rings is 1. The van der Waals surface area contributed by atoms with E-state index in [1.54, 1.807) is 7.11 Å². The molecule has 0 saturated heterocycles. The van der Waals surface area contributed by atoms with E-state index in [-0.39, 0.29) is 18.6 Å². The van der Waals surface area contributed by atoms with E-state index in [9.17, 15) is 4.79 Å². The molecule has 1 atom stereocenters. The van der Waals surface area contributed by atoms with Crippen molar-refractivity contribution in [2.24, 2.45) is 5.73 Å². The highest BCUT2D eigenvalue weighted by atomic mass is 16.5. The van der Waals surface area contributed by atoms with Crippen LogP contribution >= 0.6 is 0 Å². The van der Waals surface area contributed by atoms with Crippen LogP contribution in [0.1, 0.15) is 31.4 Å². The van der Waals surface area contributed by atoms with Crippen LogP contribution in [0.25, 0.3) is 0 Å². The lowest BCUT2D eigenvalue weighted by molar-refractivity contribution is -0.123. The molecule has 20 heavy (non-hydrogen) atoms. The molecule has 112 valence electrons. The van der Waals surface area contributed by atoms with Crippen LogP contribution in [-0.4, -0.2) is 32.8 Å². The number of nitrogens with two attached hydrogens (primary N) is 1. The topological polar surface area (TPSA) is 73.6 Å². The number of amides is 1. The SMILES string of the molecule is CC[C@@H](N)c1ccc(OCC(=O)NCCCOC)cc1. The maximum Gasteiger partial charge on any atom is 0.257 e. The highest BCUT2D eigenvalue weighted by Gasteiger charge is 2.05. The van der Waals surface area contributed by atoms with Crippen molar-refractivity contribution in [2.75, 3.05) is 26.9 Å². The Balaban J connectivity index is 2.29. The van der Waals surface area contributed by atoms with E-state index in [4.69, 9.17) is 15.2 Å². The fourth-order valence-electron chi connectivity index (χ4n) is 1.69. The largest absolute Gasteiger partial charge is 0.484 e. The summed E-state index contributed by atoms with van der Waals surface area (Å²) in [5.74, 6) is 0.541. The lowest BCUT2D eigenvalue weighted by Gasteiger charge is -2.11. The highest BCUT2D eigenvalue weighted by Crippen LogP contribution is 2.18. The molecule has 0 radical (unpaired) electrons. The number of carbonyl (C=O) groups is 1. The first kappa shape index (κ1) is 16.5. The van der Waals surface area contributed by atoms with E-state index in [0.717, 1.165) is 18.4 Å². The van der Waals surface area contributed by atoms with Crippen LogP contribution in [0.15, 0.2) is 24.3 Å². The molecular formula is C15H24N2O3. The zero-order valence-electron chi connectivity index (χ0n) is 12.2. The third-order valence-electron chi connectivity index (χ3n) is 2.97. The standard InChI is InChI=1S/C15H24N2O3/c1-3-14(16)12-5-7-13(8-6-12)20-11-15(18)17-9-4-10-19-2/h5-8,14H,3-4,9-11,16H2,1-2H3,(H,17,18)/t14-/m1/s1. The molecule has 0 fully saturated rings. The molecule has 0 spiro atoms. The molecule has 0 aliphatic heterocycles. The molecule has 1 aromatic carbocycles. The Morgan fingerprint density at radius 3 is 2.65 bits per heavy atom. The van der Waals surface area contributed by atoms with Crippen LogP contribution in [0, 0.1) is 0 Å². The minimum Gasteiger partial charge on any atom is -0.484 e. The predicted molar refractivity (Wildman–Crippen MR) is 78.7 cm³/mol. The van der Waals surface area contributed by atoms with Gasteiger partial charge in [0, 0.05) is 26.3 Å². The quantitative estimate of drug-likeness (QED) is 0.674. The van der Waals surface area contributed by atoms with E-state index in [1.807, 2.05) is 31.2 Å². The Bertz CT molecular complexity index is 393. The molecule has 5 nitrogen and oxygen atoms in total. The van der Waals surface area contributed by atoms with E-state index in [1.165, 1.54) is 0 Å². The zero-order chi connectivity index (χ0) is 14.8. The number of methoxy groups -OCH3 is 1. The number of ether oxygens (including phenoxy) is 2. The Hall–Kier alpha value is -1.59. The third kappa shape index (κ3) is 6.04. The molecule has 0 unspecified atom stereocenters. The van der Waals surface area contributed by atoms with Gasteiger partial charge < -0.3 is 20.5 Å². The first-order chi connectivity index (χ1) is 9.67. The molecule has 5 heteroatoms. The monoisotopic (exact) mass is 280 g/mol. The van der Waals surface area contributed by atoms with Crippen molar-refractivity contribution >= 4 is 5.91 Å². The molecule has 1 amide bonds. The summed E-state index contributed by atoms with van der Waals surface area (Å²) in [6.45, 7) is 3.30. The fourth-order valence-corrected chi connectivity index (χ4v) is 1.69. The van der Waals surface area contributed by atoms with Gasteiger partial charge in [-0.05, 0) is 30.5 Å². The molecule has 0 heterocycles. The Morgan fingerprint density at radius 2 is 2.05 bits per heavy atom. The molecule has 0 aromatic heterocycles. The van der Waals surface area contributed by atoms with Crippen molar-refractivity contribution in [3.8, 4) is 5.75 Å². The van der Waals surface area contributed by atoms with Crippen molar-refractivity contribution in [2.45, 2.75) is 25.8 Å². The Morgan fingerprint density at radius 1 is 1.35 bits per heavy atom. The molecular weight excluding hydrogens is 256 g/mol. The number of hydrogen-bond acceptors (Lipinski definition) is 4. The number of carbonyl (C=O) groups excluding carboxylic acids is 1. The predicted octanol–water partition coefficient (Wildman–Crippen LogP) is 1.63. The summed E-state index contributed by atoms with van der Waals surface area (Å²) >= 11 is 0. The first-order valence-corrected chi connectivity index (χ1v) is 6.91. The maximum absolute atomic E-state index is 11.5. The van der Waals surface area contributed by atoms with E-state index < -0.39 is 0 Å². The highest BCUT2D eigenvalue weighted by molar-refractivity contribution is 5.77. The lowest BCUT2D eigenvalue weighted by Crippen LogP contribution is -2.30. The second-order valence-corrected chi connectivity index (χ2v) is 4.57. The minimum atomic E-state index is -0.129. The van der Waals surface area contributed by atoms with Crippen molar-refractivity contribution in [1.29, 1.82) is 0 Å². The summed E-state index contributed by atoms with van der Waals surface area (Å²) < 4.78 is 10.3. The van der Waals surface area contributed by atoms with Gasteiger partial charge >= 0.3 is 0 Å². The summed E-state index contributed by atoms with van der Waals surface area (Å²) in [6.07, 6.45) is 1.69. The Kier molecular flexibility index (Phi) is 7.69. The average molecular weight is 280 g/mol. The number of hydrogen-bond donors (Lipinski definition) is 2. The van der Waals surface area contributed by atoms with Gasteiger partial charge in [-0.25, -0.2) is 0 Å². The molecule has 0 bridgehead atoms. The van der Waals surface area contributed by atoms with Gasteiger partial charge in [0.15, 0.2) is 6.61 Å². The lowest BCUT2D eigenvalue weighted by atomic mass is 10.1. The molecule has 0 aliphatic carbocycles. The summed E-state index contributed by atoms with van der Waals surface area (Å²) in [7, 11) is 1.64. The molecule has 0 saturated carbocycles. The molecule has 3 N–H and O–H groups in total. The van der Waals surface area contributed by atoms with E-state index in [0.29, 0.717) is 18.9 Å². The van der Waals surface area contributed by atoms with Gasteiger partial charge in [0.05, 0.1) is 0 Å². The zero-order valence-corrected chi connectivity index (χ0v) is 12.2. The minimum absolute atomic E-state index is 0.0200. The molecule has 0 aliphatic rings. The van der Waals surface area contributed by atoms with Gasteiger partial charge in [-0.2, -0.15) is 0 Å². The summed E-state index contributed by atoms with van der Waals surface area (Å²) in [4.78, 5) is 11.5. The fraction of sp³-hybridized carbons (Fsp3) is 0.533. The van der Waals surface area contributed by atoms with Gasteiger partial charge in [0.25, 0.3) is 5.91 Å². The van der Waals surface area contributed by atoms with Crippen LogP contribution in [-0.2, 0) is 9.53 Å². The van der Waals surface area contributed by atoms with Crippen molar-refractivity contribution in [3.05, 3.63) is 29.8 Å². The summed E-state index contributed by atoms with van der Waals surface area (Å²) in [5.41, 5.74) is 7.00. The van der Waals surface area contributed by atoms with Crippen molar-refractivity contribution in [1.82, 2.24) is 5.32 Å². The average Bonchev–Trinajstić information content (AvgIpc) is 2.49. The number of nitrogens with one attached hydrogen (secondary N) is 1. The summed E-state index contributed by atoms with van der Waals surface area (Å²) in [5, 5.41) is 2.76. The van der Waals surface area contributed by atoms with Crippen LogP contribution < -0.4 is 15.8 Å². The van der Waals surface area contributed by atoms with Gasteiger partial charge in [0.2, 0.25) is 0 Å². The second kappa shape index (κ2) is 9.34. The maximum atomic E-state index is 11.5. The smallest absolute Gasteiger partial charge is 0.257 e. The van der Waals surface area contributed by atoms with Crippen LogP contribution in [0.3, 0.4) is 0 Å². The van der Waals surface area contributed by atoms with E-state index >= 15 is 0 Å². The van der Waals surface area contributed by atoms with Crippen LogP contribution in [0.2, 0.25) is 0 Å². The van der Waals surface area contributed by atoms with Gasteiger partial charge in [0.1, 0.15) is 5.75 Å². The van der Waals surface area contributed by atoms with Gasteiger partial charge in [-0.1, -0.05) is 19.1 Å². The summed E-state index contributed by atoms with van der Waals surface area (Å²) in [6, 6.07) is 7.58. The van der Waals surface area contributed by atoms with Gasteiger partial charge in [-0.3, -0.25) is 4.79 Å². The third-order valence-corrected chi connectivity index (χ3v) is 2.97. The van der Waals surface area contributed by atoms with Gasteiger partial charge in [-0.15, -0.1) is 0 Å². The second-order valence-electron chi connectivity index (χ2n) is 4.57. The van der Waals surface area contributed by atoms with Crippen molar-refractivity contribution < 1.29 is 14.3 Å². The first-order valence-electron chi connectivity index (χ1n) is 6.91. The molecule has 1 rings (SSSR count). The van der Waals surface area contributed by atoms with Crippen LogP contribution in [0.5, 0.6) is 5.75 Å². The molecule has 1 aromatic rings.